The maximum Gasteiger partial charge on any atom is 0.223 e. The molecule has 0 bridgehead atoms. The number of nitrogens with one attached hydrogen (secondary N) is 1. The summed E-state index contributed by atoms with van der Waals surface area (Å²) in [5.41, 5.74) is 0. The molecule has 118 valence electrons. The standard InChI is InChI=1S/C15H23N3OS.ClH/c1-2-8-17(13-14-4-3-12-20-14)9-5-15(19)18-10-6-16-7-11-18;/h2-4,12,16H,1,5-11,13H2;1H. The first kappa shape index (κ1) is 18.2. The van der Waals surface area contributed by atoms with Gasteiger partial charge in [-0.05, 0) is 11.4 Å². The average molecular weight is 330 g/mol. The zero-order valence-corrected chi connectivity index (χ0v) is 13.9. The van der Waals surface area contributed by atoms with E-state index in [1.807, 2.05) is 11.0 Å². The van der Waals surface area contributed by atoms with E-state index < -0.39 is 0 Å². The highest BCUT2D eigenvalue weighted by molar-refractivity contribution is 7.09. The number of piperazine rings is 1. The Hall–Kier alpha value is -0.880. The normalized spacial score (nSPS) is 14.8. The molecule has 1 aliphatic rings. The van der Waals surface area contributed by atoms with E-state index in [1.165, 1.54) is 4.88 Å². The van der Waals surface area contributed by atoms with Crippen LogP contribution in [0.15, 0.2) is 30.2 Å². The van der Waals surface area contributed by atoms with E-state index in [2.05, 4.69) is 34.3 Å². The van der Waals surface area contributed by atoms with Gasteiger partial charge in [-0.1, -0.05) is 12.1 Å². The smallest absolute Gasteiger partial charge is 0.223 e. The molecule has 1 amide bonds. The first-order chi connectivity index (χ1) is 9.79. The summed E-state index contributed by atoms with van der Waals surface area (Å²) in [6.45, 7) is 9.84. The SMILES string of the molecule is C=CCN(CCC(=O)N1CCNCC1)Cc1cccs1.Cl. The van der Waals surface area contributed by atoms with Crippen LogP contribution in [0, 0.1) is 0 Å². The Labute approximate surface area is 137 Å². The van der Waals surface area contributed by atoms with Crippen LogP contribution in [-0.4, -0.2) is 55.0 Å². The van der Waals surface area contributed by atoms with Crippen molar-refractivity contribution in [3.63, 3.8) is 0 Å². The number of halogens is 1. The van der Waals surface area contributed by atoms with E-state index >= 15 is 0 Å². The Morgan fingerprint density at radius 1 is 1.48 bits per heavy atom. The van der Waals surface area contributed by atoms with E-state index in [9.17, 15) is 4.79 Å². The van der Waals surface area contributed by atoms with Crippen molar-refractivity contribution < 1.29 is 4.79 Å². The van der Waals surface area contributed by atoms with Gasteiger partial charge >= 0.3 is 0 Å². The number of nitrogens with zero attached hydrogens (tertiary/aromatic N) is 2. The van der Waals surface area contributed by atoms with E-state index in [0.29, 0.717) is 6.42 Å². The molecule has 1 saturated heterocycles. The second kappa shape index (κ2) is 9.95. The summed E-state index contributed by atoms with van der Waals surface area (Å²) in [6, 6.07) is 4.21. The second-order valence-electron chi connectivity index (χ2n) is 4.98. The Kier molecular flexibility index (Phi) is 8.61. The highest BCUT2D eigenvalue weighted by Gasteiger charge is 2.17. The fraction of sp³-hybridized carbons (Fsp3) is 0.533. The lowest BCUT2D eigenvalue weighted by Crippen LogP contribution is -2.47. The fourth-order valence-corrected chi connectivity index (χ4v) is 3.11. The number of thiophene rings is 1. The average Bonchev–Trinajstić information content (AvgIpc) is 2.98. The van der Waals surface area contributed by atoms with Crippen LogP contribution in [0.25, 0.3) is 0 Å². The lowest BCUT2D eigenvalue weighted by Gasteiger charge is -2.28. The molecule has 0 radical (unpaired) electrons. The van der Waals surface area contributed by atoms with Crippen molar-refractivity contribution in [2.45, 2.75) is 13.0 Å². The molecule has 0 spiro atoms. The molecule has 4 nitrogen and oxygen atoms in total. The molecule has 21 heavy (non-hydrogen) atoms. The minimum absolute atomic E-state index is 0. The summed E-state index contributed by atoms with van der Waals surface area (Å²) in [7, 11) is 0. The van der Waals surface area contributed by atoms with Crippen molar-refractivity contribution >= 4 is 29.7 Å². The van der Waals surface area contributed by atoms with Gasteiger partial charge in [0.2, 0.25) is 5.91 Å². The van der Waals surface area contributed by atoms with Crippen LogP contribution in [-0.2, 0) is 11.3 Å². The van der Waals surface area contributed by atoms with Crippen LogP contribution in [0.2, 0.25) is 0 Å². The molecule has 1 fully saturated rings. The largest absolute Gasteiger partial charge is 0.340 e. The highest BCUT2D eigenvalue weighted by atomic mass is 35.5. The van der Waals surface area contributed by atoms with Gasteiger partial charge in [-0.3, -0.25) is 9.69 Å². The van der Waals surface area contributed by atoms with Crippen molar-refractivity contribution in [1.29, 1.82) is 0 Å². The van der Waals surface area contributed by atoms with Gasteiger partial charge in [0.15, 0.2) is 0 Å². The first-order valence-electron chi connectivity index (χ1n) is 7.13. The maximum absolute atomic E-state index is 12.2. The molecule has 1 N–H and O–H groups in total. The van der Waals surface area contributed by atoms with Gasteiger partial charge in [0.25, 0.3) is 0 Å². The summed E-state index contributed by atoms with van der Waals surface area (Å²) < 4.78 is 0. The molecule has 6 heteroatoms. The molecular formula is C15H24ClN3OS. The number of hydrogen-bond acceptors (Lipinski definition) is 4. The van der Waals surface area contributed by atoms with Crippen molar-refractivity contribution in [2.75, 3.05) is 39.3 Å². The first-order valence-corrected chi connectivity index (χ1v) is 8.01. The summed E-state index contributed by atoms with van der Waals surface area (Å²) in [4.78, 5) is 17.7. The lowest BCUT2D eigenvalue weighted by molar-refractivity contribution is -0.132. The van der Waals surface area contributed by atoms with Crippen molar-refractivity contribution in [3.8, 4) is 0 Å². The van der Waals surface area contributed by atoms with Gasteiger partial charge in [-0.2, -0.15) is 0 Å². The molecule has 1 aromatic heterocycles. The van der Waals surface area contributed by atoms with Gasteiger partial charge in [-0.25, -0.2) is 0 Å². The van der Waals surface area contributed by atoms with Gasteiger partial charge in [0.05, 0.1) is 0 Å². The van der Waals surface area contributed by atoms with Gasteiger partial charge in [0, 0.05) is 57.1 Å². The number of rotatable bonds is 7. The molecule has 1 aliphatic heterocycles. The van der Waals surface area contributed by atoms with E-state index in [4.69, 9.17) is 0 Å². The number of carbonyl (C=O) groups excluding carboxylic acids is 1. The molecule has 1 aromatic rings. The van der Waals surface area contributed by atoms with Gasteiger partial charge in [0.1, 0.15) is 0 Å². The van der Waals surface area contributed by atoms with Gasteiger partial charge in [-0.15, -0.1) is 30.3 Å². The quantitative estimate of drug-likeness (QED) is 0.777. The monoisotopic (exact) mass is 329 g/mol. The molecule has 0 saturated carbocycles. The highest BCUT2D eigenvalue weighted by Crippen LogP contribution is 2.12. The molecule has 0 aliphatic carbocycles. The minimum atomic E-state index is 0. The molecule has 2 heterocycles. The van der Waals surface area contributed by atoms with Crippen LogP contribution in [0.1, 0.15) is 11.3 Å². The summed E-state index contributed by atoms with van der Waals surface area (Å²) >= 11 is 1.76. The third-order valence-electron chi connectivity index (χ3n) is 3.46. The van der Waals surface area contributed by atoms with Crippen LogP contribution in [0.3, 0.4) is 0 Å². The predicted molar refractivity (Wildman–Crippen MR) is 91.1 cm³/mol. The maximum atomic E-state index is 12.2. The molecule has 0 atom stereocenters. The molecule has 0 unspecified atom stereocenters. The van der Waals surface area contributed by atoms with Crippen molar-refractivity contribution in [2.24, 2.45) is 0 Å². The van der Waals surface area contributed by atoms with Crippen LogP contribution < -0.4 is 5.32 Å². The summed E-state index contributed by atoms with van der Waals surface area (Å²) in [5, 5.41) is 5.36. The van der Waals surface area contributed by atoms with E-state index in [0.717, 1.165) is 45.8 Å². The van der Waals surface area contributed by atoms with E-state index in [-0.39, 0.29) is 18.3 Å². The fourth-order valence-electron chi connectivity index (χ4n) is 2.37. The number of amides is 1. The molecular weight excluding hydrogens is 306 g/mol. The third kappa shape index (κ3) is 6.18. The van der Waals surface area contributed by atoms with Gasteiger partial charge < -0.3 is 10.2 Å². The van der Waals surface area contributed by atoms with Crippen LogP contribution in [0.4, 0.5) is 0 Å². The third-order valence-corrected chi connectivity index (χ3v) is 4.32. The van der Waals surface area contributed by atoms with Crippen molar-refractivity contribution in [3.05, 3.63) is 35.0 Å². The molecule has 2 rings (SSSR count). The van der Waals surface area contributed by atoms with Crippen LogP contribution >= 0.6 is 23.7 Å². The Bertz CT molecular complexity index is 419. The Balaban J connectivity index is 0.00000220. The zero-order valence-electron chi connectivity index (χ0n) is 12.3. The number of carbonyl (C=O) groups is 1. The predicted octanol–water partition coefficient (Wildman–Crippen LogP) is 1.98. The van der Waals surface area contributed by atoms with Crippen LogP contribution in [0.5, 0.6) is 0 Å². The van der Waals surface area contributed by atoms with Crippen molar-refractivity contribution in [1.82, 2.24) is 15.1 Å². The number of hydrogen-bond donors (Lipinski definition) is 1. The summed E-state index contributed by atoms with van der Waals surface area (Å²) in [6.07, 6.45) is 2.50. The Morgan fingerprint density at radius 2 is 2.24 bits per heavy atom. The Morgan fingerprint density at radius 3 is 2.86 bits per heavy atom. The zero-order chi connectivity index (χ0) is 14.2. The molecule has 0 aromatic carbocycles. The van der Waals surface area contributed by atoms with E-state index in [1.54, 1.807) is 11.3 Å². The minimum Gasteiger partial charge on any atom is -0.340 e. The topological polar surface area (TPSA) is 35.6 Å². The summed E-state index contributed by atoms with van der Waals surface area (Å²) in [5.74, 6) is 0.270. The lowest BCUT2D eigenvalue weighted by atomic mass is 10.2. The second-order valence-corrected chi connectivity index (χ2v) is 6.02.